The second-order valence-corrected chi connectivity index (χ2v) is 5.14. The van der Waals surface area contributed by atoms with E-state index >= 15 is 0 Å². The van der Waals surface area contributed by atoms with Gasteiger partial charge < -0.3 is 14.8 Å². The van der Waals surface area contributed by atoms with Gasteiger partial charge in [0.05, 0.1) is 6.42 Å². The molecule has 0 saturated carbocycles. The molecule has 5 nitrogen and oxygen atoms in total. The molecule has 0 fully saturated rings. The topological polar surface area (TPSA) is 64.6 Å². The fourth-order valence-corrected chi connectivity index (χ4v) is 1.30. The lowest BCUT2D eigenvalue weighted by Gasteiger charge is -2.19. The molecular formula is C13H25NO4. The third-order valence-electron chi connectivity index (χ3n) is 2.07. The molecule has 0 rings (SSSR count). The van der Waals surface area contributed by atoms with Crippen LogP contribution in [0, 0.1) is 0 Å². The second kappa shape index (κ2) is 8.91. The van der Waals surface area contributed by atoms with Crippen LogP contribution >= 0.6 is 0 Å². The molecule has 0 bridgehead atoms. The van der Waals surface area contributed by atoms with Crippen molar-refractivity contribution in [1.29, 1.82) is 0 Å². The number of methoxy groups -OCH3 is 1. The summed E-state index contributed by atoms with van der Waals surface area (Å²) in [6.07, 6.45) is 2.11. The van der Waals surface area contributed by atoms with E-state index in [0.717, 1.165) is 12.8 Å². The monoisotopic (exact) mass is 259 g/mol. The fourth-order valence-electron chi connectivity index (χ4n) is 1.30. The lowest BCUT2D eigenvalue weighted by Crippen LogP contribution is -2.27. The van der Waals surface area contributed by atoms with Crippen LogP contribution in [0.2, 0.25) is 0 Å². The molecule has 0 atom stereocenters. The Bertz CT molecular complexity index is 258. The Morgan fingerprint density at radius 1 is 1.11 bits per heavy atom. The molecular weight excluding hydrogens is 234 g/mol. The number of hydrogen-bond acceptors (Lipinski definition) is 4. The minimum Gasteiger partial charge on any atom is -0.460 e. The molecule has 1 amide bonds. The van der Waals surface area contributed by atoms with Crippen molar-refractivity contribution in [3.63, 3.8) is 0 Å². The van der Waals surface area contributed by atoms with Gasteiger partial charge in [-0.1, -0.05) is 0 Å². The summed E-state index contributed by atoms with van der Waals surface area (Å²) in [4.78, 5) is 22.8. The maximum atomic E-state index is 11.4. The van der Waals surface area contributed by atoms with E-state index < -0.39 is 5.60 Å². The summed E-state index contributed by atoms with van der Waals surface area (Å²) in [5.74, 6) is -0.449. The van der Waals surface area contributed by atoms with Crippen LogP contribution in [0.1, 0.15) is 46.5 Å². The smallest absolute Gasteiger partial charge is 0.306 e. The maximum Gasteiger partial charge on any atom is 0.306 e. The molecule has 0 aromatic heterocycles. The normalized spacial score (nSPS) is 11.1. The maximum absolute atomic E-state index is 11.4. The zero-order valence-electron chi connectivity index (χ0n) is 11.9. The molecule has 0 aliphatic carbocycles. The van der Waals surface area contributed by atoms with Crippen molar-refractivity contribution >= 4 is 11.9 Å². The minimum atomic E-state index is -0.492. The van der Waals surface area contributed by atoms with E-state index in [0.29, 0.717) is 13.2 Å². The summed E-state index contributed by atoms with van der Waals surface area (Å²) in [5.41, 5.74) is -0.492. The van der Waals surface area contributed by atoms with Crippen molar-refractivity contribution in [2.24, 2.45) is 0 Å². The number of rotatable bonds is 8. The highest BCUT2D eigenvalue weighted by Gasteiger charge is 2.16. The number of carbonyl (C=O) groups excluding carboxylic acids is 2. The molecule has 0 saturated heterocycles. The van der Waals surface area contributed by atoms with Crippen molar-refractivity contribution in [3.05, 3.63) is 0 Å². The summed E-state index contributed by atoms with van der Waals surface area (Å²) in [5, 5.41) is 2.76. The second-order valence-electron chi connectivity index (χ2n) is 5.14. The largest absolute Gasteiger partial charge is 0.460 e. The van der Waals surface area contributed by atoms with Crippen molar-refractivity contribution in [2.75, 3.05) is 20.3 Å². The zero-order chi connectivity index (χ0) is 14.0. The predicted molar refractivity (Wildman–Crippen MR) is 69.2 cm³/mol. The Morgan fingerprint density at radius 3 is 2.33 bits per heavy atom. The highest BCUT2D eigenvalue weighted by Crippen LogP contribution is 2.08. The van der Waals surface area contributed by atoms with Gasteiger partial charge >= 0.3 is 5.97 Å². The molecule has 5 heteroatoms. The average molecular weight is 259 g/mol. The molecule has 18 heavy (non-hydrogen) atoms. The number of hydrogen-bond donors (Lipinski definition) is 1. The van der Waals surface area contributed by atoms with Crippen LogP contribution in [-0.4, -0.2) is 37.7 Å². The molecule has 1 N–H and O–H groups in total. The Labute approximate surface area is 109 Å². The van der Waals surface area contributed by atoms with Gasteiger partial charge in [-0.15, -0.1) is 0 Å². The van der Waals surface area contributed by atoms with Gasteiger partial charge in [-0.3, -0.25) is 9.59 Å². The van der Waals surface area contributed by atoms with Gasteiger partial charge in [0.1, 0.15) is 5.60 Å². The van der Waals surface area contributed by atoms with Crippen LogP contribution in [0.25, 0.3) is 0 Å². The highest BCUT2D eigenvalue weighted by molar-refractivity contribution is 5.81. The SMILES string of the molecule is COCCCCNC(=O)CCC(=O)OC(C)(C)C. The highest BCUT2D eigenvalue weighted by atomic mass is 16.6. The molecule has 0 spiro atoms. The van der Waals surface area contributed by atoms with Gasteiger partial charge in [0.2, 0.25) is 5.91 Å². The Kier molecular flexibility index (Phi) is 8.37. The van der Waals surface area contributed by atoms with Crippen molar-refractivity contribution in [3.8, 4) is 0 Å². The number of esters is 1. The number of nitrogens with one attached hydrogen (secondary N) is 1. The molecule has 106 valence electrons. The van der Waals surface area contributed by atoms with Crippen molar-refractivity contribution < 1.29 is 19.1 Å². The Hall–Kier alpha value is -1.10. The Balaban J connectivity index is 3.55. The summed E-state index contributed by atoms with van der Waals surface area (Å²) in [6, 6.07) is 0. The summed E-state index contributed by atoms with van der Waals surface area (Å²) in [7, 11) is 1.65. The van der Waals surface area contributed by atoms with Gasteiger partial charge in [-0.25, -0.2) is 0 Å². The zero-order valence-corrected chi connectivity index (χ0v) is 11.9. The van der Waals surface area contributed by atoms with Gasteiger partial charge in [0, 0.05) is 26.7 Å². The number of ether oxygens (including phenoxy) is 2. The predicted octanol–water partition coefficient (Wildman–Crippen LogP) is 1.65. The Morgan fingerprint density at radius 2 is 1.78 bits per heavy atom. The third-order valence-corrected chi connectivity index (χ3v) is 2.07. The van der Waals surface area contributed by atoms with E-state index in [1.54, 1.807) is 27.9 Å². The first kappa shape index (κ1) is 16.9. The molecule has 0 unspecified atom stereocenters. The van der Waals surface area contributed by atoms with Crippen LogP contribution in [0.5, 0.6) is 0 Å². The summed E-state index contributed by atoms with van der Waals surface area (Å²) in [6.45, 7) is 6.74. The molecule has 0 radical (unpaired) electrons. The number of unbranched alkanes of at least 4 members (excludes halogenated alkanes) is 1. The minimum absolute atomic E-state index is 0.113. The van der Waals surface area contributed by atoms with Crippen LogP contribution in [0.15, 0.2) is 0 Å². The van der Waals surface area contributed by atoms with Gasteiger partial charge in [0.15, 0.2) is 0 Å². The van der Waals surface area contributed by atoms with E-state index in [2.05, 4.69) is 5.32 Å². The standard InChI is InChI=1S/C13H25NO4/c1-13(2,3)18-12(16)8-7-11(15)14-9-5-6-10-17-4/h5-10H2,1-4H3,(H,14,15). The molecule has 0 aliphatic heterocycles. The van der Waals surface area contributed by atoms with Crippen molar-refractivity contribution in [1.82, 2.24) is 5.32 Å². The van der Waals surface area contributed by atoms with Gasteiger partial charge in [0.25, 0.3) is 0 Å². The lowest BCUT2D eigenvalue weighted by molar-refractivity contribution is -0.155. The summed E-state index contributed by atoms with van der Waals surface area (Å²) < 4.78 is 10.0. The van der Waals surface area contributed by atoms with Crippen LogP contribution in [-0.2, 0) is 19.1 Å². The van der Waals surface area contributed by atoms with Crippen molar-refractivity contribution in [2.45, 2.75) is 52.1 Å². The number of carbonyl (C=O) groups is 2. The number of amides is 1. The average Bonchev–Trinajstić information content (AvgIpc) is 2.24. The van der Waals surface area contributed by atoms with Crippen LogP contribution in [0.3, 0.4) is 0 Å². The first-order valence-corrected chi connectivity index (χ1v) is 6.32. The van der Waals surface area contributed by atoms with Crippen LogP contribution in [0.4, 0.5) is 0 Å². The quantitative estimate of drug-likeness (QED) is 0.532. The lowest BCUT2D eigenvalue weighted by atomic mass is 10.2. The molecule has 0 aliphatic rings. The fraction of sp³-hybridized carbons (Fsp3) is 0.846. The summed E-state index contributed by atoms with van der Waals surface area (Å²) >= 11 is 0. The van der Waals surface area contributed by atoms with Gasteiger partial charge in [-0.2, -0.15) is 0 Å². The first-order chi connectivity index (χ1) is 8.35. The molecule has 0 aromatic carbocycles. The third kappa shape index (κ3) is 11.4. The van der Waals surface area contributed by atoms with E-state index in [1.165, 1.54) is 0 Å². The van der Waals surface area contributed by atoms with E-state index in [-0.39, 0.29) is 24.7 Å². The van der Waals surface area contributed by atoms with Crippen LogP contribution < -0.4 is 5.32 Å². The van der Waals surface area contributed by atoms with Gasteiger partial charge in [-0.05, 0) is 33.6 Å². The molecule has 0 heterocycles. The van der Waals surface area contributed by atoms with E-state index in [1.807, 2.05) is 0 Å². The van der Waals surface area contributed by atoms with E-state index in [9.17, 15) is 9.59 Å². The van der Waals surface area contributed by atoms with E-state index in [4.69, 9.17) is 9.47 Å². The first-order valence-electron chi connectivity index (χ1n) is 6.32. The molecule has 0 aromatic rings.